The van der Waals surface area contributed by atoms with Crippen molar-refractivity contribution >= 4 is 29.2 Å². The van der Waals surface area contributed by atoms with Crippen molar-refractivity contribution in [2.75, 3.05) is 38.5 Å². The van der Waals surface area contributed by atoms with Crippen molar-refractivity contribution in [2.45, 2.75) is 19.9 Å². The Morgan fingerprint density at radius 1 is 0.977 bits per heavy atom. The predicted molar refractivity (Wildman–Crippen MR) is 157 cm³/mol. The largest absolute Gasteiger partial charge is 0.454 e. The van der Waals surface area contributed by atoms with Gasteiger partial charge in [0.15, 0.2) is 17.3 Å². The lowest BCUT2D eigenvalue weighted by atomic mass is 9.84. The summed E-state index contributed by atoms with van der Waals surface area (Å²) in [5.74, 6) is -2.85. The van der Waals surface area contributed by atoms with E-state index in [1.54, 1.807) is 34.9 Å². The molecule has 11 heteroatoms. The fourth-order valence-corrected chi connectivity index (χ4v) is 5.40. The zero-order valence-corrected chi connectivity index (χ0v) is 24.1. The van der Waals surface area contributed by atoms with Crippen molar-refractivity contribution in [2.24, 2.45) is 5.92 Å². The van der Waals surface area contributed by atoms with Gasteiger partial charge in [-0.15, -0.1) is 0 Å². The summed E-state index contributed by atoms with van der Waals surface area (Å²) in [7, 11) is 1.79. The Hall–Kier alpha value is -5.06. The second kappa shape index (κ2) is 12.4. The molecule has 43 heavy (non-hydrogen) atoms. The molecule has 5 rings (SSSR count). The molecule has 0 spiro atoms. The van der Waals surface area contributed by atoms with Crippen molar-refractivity contribution in [3.05, 3.63) is 95.7 Å². The summed E-state index contributed by atoms with van der Waals surface area (Å²) in [6.07, 6.45) is 3.18. The van der Waals surface area contributed by atoms with E-state index in [1.165, 1.54) is 37.4 Å². The minimum Gasteiger partial charge on any atom is -0.454 e. The number of hydrogen-bond donors (Lipinski definition) is 1. The van der Waals surface area contributed by atoms with Gasteiger partial charge in [0.05, 0.1) is 0 Å². The van der Waals surface area contributed by atoms with E-state index in [0.717, 1.165) is 11.6 Å². The van der Waals surface area contributed by atoms with Crippen LogP contribution in [0.5, 0.6) is 11.5 Å². The fraction of sp³-hybridized carbons (Fsp3) is 0.281. The number of amides is 3. The zero-order chi connectivity index (χ0) is 30.7. The number of nitrogens with zero attached hydrogens (tertiary/aromatic N) is 4. The second-order valence-electron chi connectivity index (χ2n) is 10.6. The van der Waals surface area contributed by atoms with Gasteiger partial charge in [0.25, 0.3) is 5.91 Å². The number of Topliss-reactive ketones (excluding diaryl/α,β-unsaturated/α-hetero) is 1. The molecule has 1 fully saturated rings. The SMILES string of the molecule is CC(=O)N1CCN(C(=O)c2cc(Oc3ccc(NC(=O)C4C(=O)C(c5ccccc5)N(C)C=C4C)cc3F)ccn2)CC1. The standard InChI is InChI=1S/C32H32FN5O5/c1-20-19-36(3)29(22-7-5-4-6-8-22)30(40)28(20)31(41)35-23-9-10-27(25(33)17-23)43-24-11-12-34-26(18-24)32(42)38-15-13-37(14-16-38)21(2)39/h4-12,17-19,28-29H,13-16H2,1-3H3,(H,35,41). The quantitative estimate of drug-likeness (QED) is 0.435. The Morgan fingerprint density at radius 2 is 1.67 bits per heavy atom. The molecule has 3 heterocycles. The summed E-state index contributed by atoms with van der Waals surface area (Å²) < 4.78 is 20.8. The van der Waals surface area contributed by atoms with Gasteiger partial charge in [0.2, 0.25) is 11.8 Å². The van der Waals surface area contributed by atoms with Gasteiger partial charge < -0.3 is 24.8 Å². The summed E-state index contributed by atoms with van der Waals surface area (Å²) in [5.41, 5.74) is 1.67. The smallest absolute Gasteiger partial charge is 0.272 e. The van der Waals surface area contributed by atoms with Crippen molar-refractivity contribution in [3.63, 3.8) is 0 Å². The Kier molecular flexibility index (Phi) is 8.51. The molecule has 1 saturated heterocycles. The van der Waals surface area contributed by atoms with E-state index in [-0.39, 0.29) is 40.5 Å². The maximum Gasteiger partial charge on any atom is 0.272 e. The maximum atomic E-state index is 15.1. The summed E-state index contributed by atoms with van der Waals surface area (Å²) in [6, 6.07) is 15.5. The normalized spacial score (nSPS) is 18.7. The number of anilines is 1. The molecule has 2 aliphatic rings. The first-order chi connectivity index (χ1) is 20.6. The van der Waals surface area contributed by atoms with E-state index < -0.39 is 23.7 Å². The summed E-state index contributed by atoms with van der Waals surface area (Å²) in [4.78, 5) is 60.4. The number of halogens is 1. The van der Waals surface area contributed by atoms with Crippen LogP contribution in [-0.2, 0) is 14.4 Å². The third kappa shape index (κ3) is 6.40. The van der Waals surface area contributed by atoms with Crippen LogP contribution in [0.15, 0.2) is 78.6 Å². The first-order valence-electron chi connectivity index (χ1n) is 13.9. The van der Waals surface area contributed by atoms with E-state index >= 15 is 4.39 Å². The highest BCUT2D eigenvalue weighted by Crippen LogP contribution is 2.33. The first kappa shape index (κ1) is 29.4. The summed E-state index contributed by atoms with van der Waals surface area (Å²) in [6.45, 7) is 4.88. The van der Waals surface area contributed by atoms with Gasteiger partial charge in [-0.3, -0.25) is 24.2 Å². The Bertz CT molecular complexity index is 1590. The lowest BCUT2D eigenvalue weighted by molar-refractivity contribution is -0.133. The van der Waals surface area contributed by atoms with Gasteiger partial charge in [-0.25, -0.2) is 4.39 Å². The average Bonchev–Trinajstić information content (AvgIpc) is 2.98. The van der Waals surface area contributed by atoms with Crippen LogP contribution in [0.1, 0.15) is 35.9 Å². The molecular formula is C32H32FN5O5. The lowest BCUT2D eigenvalue weighted by Gasteiger charge is -2.34. The molecule has 0 bridgehead atoms. The monoisotopic (exact) mass is 585 g/mol. The number of benzene rings is 2. The van der Waals surface area contributed by atoms with Crippen molar-refractivity contribution in [1.82, 2.24) is 19.7 Å². The first-order valence-corrected chi connectivity index (χ1v) is 13.9. The third-order valence-electron chi connectivity index (χ3n) is 7.59. The van der Waals surface area contributed by atoms with Gasteiger partial charge >= 0.3 is 0 Å². The zero-order valence-electron chi connectivity index (χ0n) is 24.1. The number of hydrogen-bond acceptors (Lipinski definition) is 7. The highest BCUT2D eigenvalue weighted by Gasteiger charge is 2.39. The minimum absolute atomic E-state index is 0.0350. The summed E-state index contributed by atoms with van der Waals surface area (Å²) in [5, 5.41) is 2.66. The van der Waals surface area contributed by atoms with Crippen LogP contribution in [0.25, 0.3) is 0 Å². The molecule has 222 valence electrons. The Labute approximate surface area is 248 Å². The van der Waals surface area contributed by atoms with Crippen LogP contribution < -0.4 is 10.1 Å². The van der Waals surface area contributed by atoms with Crippen LogP contribution in [0, 0.1) is 11.7 Å². The average molecular weight is 586 g/mol. The van der Waals surface area contributed by atoms with E-state index in [2.05, 4.69) is 10.3 Å². The van der Waals surface area contributed by atoms with E-state index in [1.807, 2.05) is 30.3 Å². The lowest BCUT2D eigenvalue weighted by Crippen LogP contribution is -2.50. The Morgan fingerprint density at radius 3 is 2.35 bits per heavy atom. The number of rotatable bonds is 6. The highest BCUT2D eigenvalue weighted by atomic mass is 19.1. The summed E-state index contributed by atoms with van der Waals surface area (Å²) >= 11 is 0. The van der Waals surface area contributed by atoms with Crippen LogP contribution in [0.4, 0.5) is 10.1 Å². The predicted octanol–water partition coefficient (Wildman–Crippen LogP) is 4.03. The Balaban J connectivity index is 1.25. The number of carbonyl (C=O) groups is 4. The van der Waals surface area contributed by atoms with Crippen LogP contribution in [-0.4, -0.2) is 76.4 Å². The molecule has 3 aromatic rings. The topological polar surface area (TPSA) is 112 Å². The van der Waals surface area contributed by atoms with Crippen LogP contribution in [0.2, 0.25) is 0 Å². The molecule has 2 aromatic carbocycles. The fourth-order valence-electron chi connectivity index (χ4n) is 5.40. The number of carbonyl (C=O) groups excluding carboxylic acids is 4. The molecule has 0 radical (unpaired) electrons. The molecule has 0 saturated carbocycles. The molecule has 1 aromatic heterocycles. The molecular weight excluding hydrogens is 553 g/mol. The van der Waals surface area contributed by atoms with Gasteiger partial charge in [-0.1, -0.05) is 30.3 Å². The molecule has 10 nitrogen and oxygen atoms in total. The molecule has 2 aliphatic heterocycles. The van der Waals surface area contributed by atoms with Gasteiger partial charge in [-0.05, 0) is 42.5 Å². The number of ether oxygens (including phenoxy) is 1. The number of likely N-dealkylation sites (N-methyl/N-ethyl adjacent to an activating group) is 1. The number of nitrogens with one attached hydrogen (secondary N) is 1. The van der Waals surface area contributed by atoms with E-state index in [4.69, 9.17) is 4.74 Å². The van der Waals surface area contributed by atoms with Crippen molar-refractivity contribution < 1.29 is 28.3 Å². The molecule has 0 aliphatic carbocycles. The number of aromatic nitrogens is 1. The van der Waals surface area contributed by atoms with Gasteiger partial charge in [0, 0.05) is 64.2 Å². The van der Waals surface area contributed by atoms with Crippen LogP contribution in [0.3, 0.4) is 0 Å². The van der Waals surface area contributed by atoms with Crippen LogP contribution >= 0.6 is 0 Å². The van der Waals surface area contributed by atoms with Gasteiger partial charge in [0.1, 0.15) is 23.4 Å². The van der Waals surface area contributed by atoms with Gasteiger partial charge in [-0.2, -0.15) is 0 Å². The number of ketones is 1. The third-order valence-corrected chi connectivity index (χ3v) is 7.59. The highest BCUT2D eigenvalue weighted by molar-refractivity contribution is 6.12. The minimum atomic E-state index is -1.03. The molecule has 3 amide bonds. The number of pyridine rings is 1. The molecule has 2 unspecified atom stereocenters. The maximum absolute atomic E-state index is 15.1. The van der Waals surface area contributed by atoms with E-state index in [9.17, 15) is 19.2 Å². The second-order valence-corrected chi connectivity index (χ2v) is 10.6. The molecule has 1 N–H and O–H groups in total. The van der Waals surface area contributed by atoms with Crippen molar-refractivity contribution in [1.29, 1.82) is 0 Å². The van der Waals surface area contributed by atoms with E-state index in [0.29, 0.717) is 31.8 Å². The molecule has 2 atom stereocenters. The number of piperazine rings is 1. The van der Waals surface area contributed by atoms with Crippen molar-refractivity contribution in [3.8, 4) is 11.5 Å².